The zero-order valence-electron chi connectivity index (χ0n) is 11.9. The van der Waals surface area contributed by atoms with Crippen LogP contribution in [0.1, 0.15) is 15.9 Å². The zero-order chi connectivity index (χ0) is 15.5. The maximum Gasteiger partial charge on any atom is 0.257 e. The number of amides is 1. The number of hydrogen-bond donors (Lipinski definition) is 2. The van der Waals surface area contributed by atoms with Crippen LogP contribution in [0.25, 0.3) is 5.82 Å². The number of nitrogens with one attached hydrogen (secondary N) is 1. The van der Waals surface area contributed by atoms with Crippen molar-refractivity contribution in [2.24, 2.45) is 0 Å². The number of phenols is 1. The van der Waals surface area contributed by atoms with E-state index in [4.69, 9.17) is 0 Å². The predicted molar refractivity (Wildman–Crippen MR) is 82.2 cm³/mol. The van der Waals surface area contributed by atoms with Gasteiger partial charge in [-0.1, -0.05) is 6.07 Å². The number of aromatic hydroxyl groups is 1. The summed E-state index contributed by atoms with van der Waals surface area (Å²) in [6.07, 6.45) is 6.54. The number of aromatic nitrogens is 3. The summed E-state index contributed by atoms with van der Waals surface area (Å²) in [6, 6.07) is 8.47. The number of benzene rings is 1. The number of anilines is 1. The minimum absolute atomic E-state index is 0.0383. The molecule has 1 amide bonds. The molecule has 0 aliphatic heterocycles. The highest BCUT2D eigenvalue weighted by atomic mass is 16.3. The number of hydrogen-bond acceptors (Lipinski definition) is 4. The third kappa shape index (κ3) is 2.80. The van der Waals surface area contributed by atoms with Crippen LogP contribution < -0.4 is 5.32 Å². The van der Waals surface area contributed by atoms with Crippen molar-refractivity contribution in [2.75, 3.05) is 5.32 Å². The van der Waals surface area contributed by atoms with Gasteiger partial charge in [-0.15, -0.1) is 0 Å². The smallest absolute Gasteiger partial charge is 0.257 e. The monoisotopic (exact) mass is 294 g/mol. The Labute approximate surface area is 127 Å². The van der Waals surface area contributed by atoms with Crippen LogP contribution in [0.15, 0.2) is 55.2 Å². The average Bonchev–Trinajstić information content (AvgIpc) is 3.04. The molecule has 1 aromatic carbocycles. The van der Waals surface area contributed by atoms with Crippen molar-refractivity contribution in [1.82, 2.24) is 14.5 Å². The van der Waals surface area contributed by atoms with E-state index in [1.807, 2.05) is 13.0 Å². The minimum Gasteiger partial charge on any atom is -0.506 e. The van der Waals surface area contributed by atoms with Gasteiger partial charge >= 0.3 is 0 Å². The Kier molecular flexibility index (Phi) is 3.57. The van der Waals surface area contributed by atoms with Gasteiger partial charge in [0, 0.05) is 18.6 Å². The zero-order valence-corrected chi connectivity index (χ0v) is 11.9. The van der Waals surface area contributed by atoms with Crippen molar-refractivity contribution in [3.05, 3.63) is 66.4 Å². The third-order valence-corrected chi connectivity index (χ3v) is 3.18. The first-order valence-corrected chi connectivity index (χ1v) is 6.69. The molecule has 2 heterocycles. The molecule has 0 radical (unpaired) electrons. The first kappa shape index (κ1) is 13.8. The van der Waals surface area contributed by atoms with E-state index in [9.17, 15) is 9.90 Å². The van der Waals surface area contributed by atoms with Gasteiger partial charge in [0.2, 0.25) is 0 Å². The Bertz CT molecular complexity index is 796. The first-order valence-electron chi connectivity index (χ1n) is 6.69. The van der Waals surface area contributed by atoms with Crippen LogP contribution in [0.5, 0.6) is 5.75 Å². The molecule has 0 aliphatic carbocycles. The second-order valence-electron chi connectivity index (χ2n) is 4.85. The van der Waals surface area contributed by atoms with Crippen LogP contribution in [0.3, 0.4) is 0 Å². The molecule has 6 nitrogen and oxygen atoms in total. The average molecular weight is 294 g/mol. The largest absolute Gasteiger partial charge is 0.506 e. The minimum atomic E-state index is -0.330. The Morgan fingerprint density at radius 1 is 1.27 bits per heavy atom. The predicted octanol–water partition coefficient (Wildman–Crippen LogP) is 2.53. The third-order valence-electron chi connectivity index (χ3n) is 3.18. The number of pyridine rings is 1. The highest BCUT2D eigenvalue weighted by Gasteiger charge is 2.10. The number of nitrogens with zero attached hydrogens (tertiary/aromatic N) is 3. The van der Waals surface area contributed by atoms with Crippen molar-refractivity contribution >= 4 is 11.6 Å². The molecule has 0 atom stereocenters. The van der Waals surface area contributed by atoms with E-state index < -0.39 is 0 Å². The Morgan fingerprint density at radius 2 is 2.14 bits per heavy atom. The molecule has 3 aromatic rings. The number of carbonyl (C=O) groups excluding carboxylic acids is 1. The maximum atomic E-state index is 12.2. The number of imidazole rings is 1. The second-order valence-corrected chi connectivity index (χ2v) is 4.85. The van der Waals surface area contributed by atoms with Gasteiger partial charge in [-0.2, -0.15) is 0 Å². The number of carbonyl (C=O) groups is 1. The Morgan fingerprint density at radius 3 is 2.77 bits per heavy atom. The summed E-state index contributed by atoms with van der Waals surface area (Å²) in [6.45, 7) is 1.87. The lowest BCUT2D eigenvalue weighted by molar-refractivity contribution is 0.102. The lowest BCUT2D eigenvalue weighted by atomic mass is 10.2. The maximum absolute atomic E-state index is 12.2. The topological polar surface area (TPSA) is 80.0 Å². The highest BCUT2D eigenvalue weighted by molar-refractivity contribution is 6.04. The fourth-order valence-corrected chi connectivity index (χ4v) is 2.01. The van der Waals surface area contributed by atoms with Crippen LogP contribution in [0.2, 0.25) is 0 Å². The van der Waals surface area contributed by atoms with Gasteiger partial charge in [-0.25, -0.2) is 9.97 Å². The molecule has 0 fully saturated rings. The summed E-state index contributed by atoms with van der Waals surface area (Å²) in [5.41, 5.74) is 1.69. The van der Waals surface area contributed by atoms with Crippen molar-refractivity contribution in [2.45, 2.75) is 6.92 Å². The summed E-state index contributed by atoms with van der Waals surface area (Å²) in [5.74, 6) is 0.382. The summed E-state index contributed by atoms with van der Waals surface area (Å²) >= 11 is 0. The van der Waals surface area contributed by atoms with E-state index in [0.29, 0.717) is 17.1 Å². The first-order chi connectivity index (χ1) is 10.6. The Balaban J connectivity index is 1.77. The summed E-state index contributed by atoms with van der Waals surface area (Å²) in [5, 5.41) is 12.5. The van der Waals surface area contributed by atoms with Crippen LogP contribution in [0, 0.1) is 6.92 Å². The van der Waals surface area contributed by atoms with E-state index in [-0.39, 0.29) is 11.7 Å². The van der Waals surface area contributed by atoms with Gasteiger partial charge in [-0.05, 0) is 36.8 Å². The number of aryl methyl sites for hydroxylation is 1. The SMILES string of the molecule is Cc1ccc(NC(=O)c2ccc(-n3ccnc3)nc2)c(O)c1. The van der Waals surface area contributed by atoms with Crippen molar-refractivity contribution in [3.8, 4) is 11.6 Å². The highest BCUT2D eigenvalue weighted by Crippen LogP contribution is 2.24. The molecule has 6 heteroatoms. The van der Waals surface area contributed by atoms with E-state index in [2.05, 4.69) is 15.3 Å². The van der Waals surface area contributed by atoms with E-state index in [0.717, 1.165) is 5.56 Å². The molecule has 0 saturated carbocycles. The van der Waals surface area contributed by atoms with Crippen molar-refractivity contribution < 1.29 is 9.90 Å². The van der Waals surface area contributed by atoms with E-state index >= 15 is 0 Å². The molecule has 0 unspecified atom stereocenters. The quantitative estimate of drug-likeness (QED) is 0.727. The van der Waals surface area contributed by atoms with Gasteiger partial charge in [0.25, 0.3) is 5.91 Å². The van der Waals surface area contributed by atoms with Crippen LogP contribution >= 0.6 is 0 Å². The summed E-state index contributed by atoms with van der Waals surface area (Å²) in [7, 11) is 0. The summed E-state index contributed by atoms with van der Waals surface area (Å²) < 4.78 is 1.74. The van der Waals surface area contributed by atoms with Crippen LogP contribution in [0.4, 0.5) is 5.69 Å². The molecule has 0 aliphatic rings. The lowest BCUT2D eigenvalue weighted by Gasteiger charge is -2.08. The molecule has 0 saturated heterocycles. The summed E-state index contributed by atoms with van der Waals surface area (Å²) in [4.78, 5) is 20.3. The fourth-order valence-electron chi connectivity index (χ4n) is 2.01. The fraction of sp³-hybridized carbons (Fsp3) is 0.0625. The van der Waals surface area contributed by atoms with Gasteiger partial charge in [0.05, 0.1) is 11.3 Å². The van der Waals surface area contributed by atoms with Crippen LogP contribution in [-0.4, -0.2) is 25.5 Å². The van der Waals surface area contributed by atoms with Crippen molar-refractivity contribution in [3.63, 3.8) is 0 Å². The molecule has 110 valence electrons. The van der Waals surface area contributed by atoms with Gasteiger partial charge < -0.3 is 10.4 Å². The Hall–Kier alpha value is -3.15. The lowest BCUT2D eigenvalue weighted by Crippen LogP contribution is -2.12. The molecule has 2 N–H and O–H groups in total. The second kappa shape index (κ2) is 5.69. The molecule has 0 spiro atoms. The van der Waals surface area contributed by atoms with Gasteiger partial charge in [-0.3, -0.25) is 9.36 Å². The molecular weight excluding hydrogens is 280 g/mol. The molecule has 2 aromatic heterocycles. The molecule has 0 bridgehead atoms. The molecular formula is C16H14N4O2. The van der Waals surface area contributed by atoms with Crippen molar-refractivity contribution in [1.29, 1.82) is 0 Å². The number of phenolic OH excluding ortho intramolecular Hbond substituents is 1. The van der Waals surface area contributed by atoms with Gasteiger partial charge in [0.15, 0.2) is 0 Å². The molecule has 22 heavy (non-hydrogen) atoms. The van der Waals surface area contributed by atoms with E-state index in [1.165, 1.54) is 6.20 Å². The van der Waals surface area contributed by atoms with Crippen LogP contribution in [-0.2, 0) is 0 Å². The normalized spacial score (nSPS) is 10.4. The van der Waals surface area contributed by atoms with E-state index in [1.54, 1.807) is 47.6 Å². The number of rotatable bonds is 3. The standard InChI is InChI=1S/C16H14N4O2/c1-11-2-4-13(14(21)8-11)19-16(22)12-3-5-15(18-9-12)20-7-6-17-10-20/h2-10,21H,1H3,(H,19,22). The molecule has 3 rings (SSSR count). The van der Waals surface area contributed by atoms with Gasteiger partial charge in [0.1, 0.15) is 17.9 Å².